The van der Waals surface area contributed by atoms with E-state index in [0.29, 0.717) is 6.42 Å². The number of anilines is 1. The van der Waals surface area contributed by atoms with Crippen molar-refractivity contribution in [2.45, 2.75) is 25.3 Å². The Bertz CT molecular complexity index is 419. The lowest BCUT2D eigenvalue weighted by Gasteiger charge is -2.11. The molecule has 0 spiro atoms. The van der Waals surface area contributed by atoms with Crippen LogP contribution in [0, 0.1) is 5.82 Å². The second kappa shape index (κ2) is 5.60. The quantitative estimate of drug-likeness (QED) is 0.901. The number of hydrogen-bond acceptors (Lipinski definition) is 2. The molecule has 1 fully saturated rings. The molecule has 5 heteroatoms. The van der Waals surface area contributed by atoms with Gasteiger partial charge in [-0.2, -0.15) is 0 Å². The molecule has 0 aliphatic carbocycles. The smallest absolute Gasteiger partial charge is 0.226 e. The summed E-state index contributed by atoms with van der Waals surface area (Å²) in [6, 6.07) is 4.72. The third-order valence-corrected chi connectivity index (χ3v) is 3.29. The SMILES string of the molecule is O=C(CC1CCCN1)Nc1cc(Br)ccc1F. The van der Waals surface area contributed by atoms with Crippen LogP contribution >= 0.6 is 15.9 Å². The summed E-state index contributed by atoms with van der Waals surface area (Å²) in [6.07, 6.45) is 2.50. The van der Waals surface area contributed by atoms with Gasteiger partial charge in [-0.3, -0.25) is 4.79 Å². The molecular weight excluding hydrogens is 287 g/mol. The van der Waals surface area contributed by atoms with Crippen molar-refractivity contribution in [3.63, 3.8) is 0 Å². The van der Waals surface area contributed by atoms with Crippen LogP contribution in [0.3, 0.4) is 0 Å². The van der Waals surface area contributed by atoms with Gasteiger partial charge in [0.05, 0.1) is 5.69 Å². The molecule has 1 aromatic rings. The summed E-state index contributed by atoms with van der Waals surface area (Å²) in [7, 11) is 0. The van der Waals surface area contributed by atoms with E-state index in [1.54, 1.807) is 12.1 Å². The molecule has 0 radical (unpaired) electrons. The molecule has 0 aromatic heterocycles. The van der Waals surface area contributed by atoms with Gasteiger partial charge in [0.25, 0.3) is 0 Å². The Hall–Kier alpha value is -0.940. The Kier molecular flexibility index (Phi) is 4.12. The van der Waals surface area contributed by atoms with Gasteiger partial charge in [0.15, 0.2) is 0 Å². The van der Waals surface area contributed by atoms with Gasteiger partial charge in [0.1, 0.15) is 5.82 Å². The zero-order valence-electron chi connectivity index (χ0n) is 9.30. The standard InChI is InChI=1S/C12H14BrFN2O/c13-8-3-4-10(14)11(6-8)16-12(17)7-9-2-1-5-15-9/h3-4,6,9,15H,1-2,5,7H2,(H,16,17). The van der Waals surface area contributed by atoms with E-state index in [1.807, 2.05) is 0 Å². The van der Waals surface area contributed by atoms with Gasteiger partial charge in [-0.25, -0.2) is 4.39 Å². The summed E-state index contributed by atoms with van der Waals surface area (Å²) >= 11 is 3.24. The third kappa shape index (κ3) is 3.51. The fourth-order valence-electron chi connectivity index (χ4n) is 1.95. The molecule has 1 aromatic carbocycles. The number of carbonyl (C=O) groups is 1. The van der Waals surface area contributed by atoms with E-state index in [-0.39, 0.29) is 17.6 Å². The molecular formula is C12H14BrFN2O. The summed E-state index contributed by atoms with van der Waals surface area (Å²) in [4.78, 5) is 11.7. The number of hydrogen-bond donors (Lipinski definition) is 2. The van der Waals surface area contributed by atoms with Gasteiger partial charge >= 0.3 is 0 Å². The van der Waals surface area contributed by atoms with E-state index in [0.717, 1.165) is 23.9 Å². The van der Waals surface area contributed by atoms with E-state index in [2.05, 4.69) is 26.6 Å². The van der Waals surface area contributed by atoms with Crippen LogP contribution in [0.25, 0.3) is 0 Å². The summed E-state index contributed by atoms with van der Waals surface area (Å²) in [5.74, 6) is -0.567. The molecule has 1 amide bonds. The van der Waals surface area contributed by atoms with Crippen LogP contribution in [0.2, 0.25) is 0 Å². The number of rotatable bonds is 3. The molecule has 3 nitrogen and oxygen atoms in total. The van der Waals surface area contributed by atoms with Crippen molar-refractivity contribution < 1.29 is 9.18 Å². The highest BCUT2D eigenvalue weighted by atomic mass is 79.9. The lowest BCUT2D eigenvalue weighted by Crippen LogP contribution is -2.27. The fraction of sp³-hybridized carbons (Fsp3) is 0.417. The number of halogens is 2. The minimum Gasteiger partial charge on any atom is -0.324 e. The maximum atomic E-state index is 13.4. The second-order valence-electron chi connectivity index (χ2n) is 4.17. The van der Waals surface area contributed by atoms with Crippen molar-refractivity contribution in [2.75, 3.05) is 11.9 Å². The number of amides is 1. The van der Waals surface area contributed by atoms with E-state index < -0.39 is 5.82 Å². The van der Waals surface area contributed by atoms with E-state index in [1.165, 1.54) is 6.07 Å². The number of carbonyl (C=O) groups excluding carboxylic acids is 1. The summed E-state index contributed by atoms with van der Waals surface area (Å²) in [6.45, 7) is 0.962. The van der Waals surface area contributed by atoms with Crippen molar-refractivity contribution in [3.8, 4) is 0 Å². The Balaban J connectivity index is 1.95. The van der Waals surface area contributed by atoms with E-state index >= 15 is 0 Å². The largest absolute Gasteiger partial charge is 0.324 e. The number of benzene rings is 1. The topological polar surface area (TPSA) is 41.1 Å². The first-order chi connectivity index (χ1) is 8.15. The highest BCUT2D eigenvalue weighted by Gasteiger charge is 2.18. The first-order valence-corrected chi connectivity index (χ1v) is 6.43. The summed E-state index contributed by atoms with van der Waals surface area (Å²) in [5, 5.41) is 5.83. The first-order valence-electron chi connectivity index (χ1n) is 5.63. The minimum absolute atomic E-state index is 0.151. The molecule has 2 N–H and O–H groups in total. The zero-order valence-corrected chi connectivity index (χ0v) is 10.9. The first kappa shape index (κ1) is 12.5. The molecule has 92 valence electrons. The van der Waals surface area contributed by atoms with Crippen molar-refractivity contribution >= 4 is 27.5 Å². The van der Waals surface area contributed by atoms with Crippen LogP contribution in [0.5, 0.6) is 0 Å². The molecule has 1 aliphatic rings. The molecule has 2 rings (SSSR count). The second-order valence-corrected chi connectivity index (χ2v) is 5.09. The van der Waals surface area contributed by atoms with Gasteiger partial charge < -0.3 is 10.6 Å². The fourth-order valence-corrected chi connectivity index (χ4v) is 2.31. The van der Waals surface area contributed by atoms with Gasteiger partial charge in [-0.05, 0) is 37.6 Å². The molecule has 1 aliphatic heterocycles. The van der Waals surface area contributed by atoms with Crippen molar-refractivity contribution in [2.24, 2.45) is 0 Å². The maximum absolute atomic E-state index is 13.4. The van der Waals surface area contributed by atoms with E-state index in [4.69, 9.17) is 0 Å². The zero-order chi connectivity index (χ0) is 12.3. The highest BCUT2D eigenvalue weighted by molar-refractivity contribution is 9.10. The molecule has 1 saturated heterocycles. The maximum Gasteiger partial charge on any atom is 0.226 e. The molecule has 1 atom stereocenters. The average Bonchev–Trinajstić information content (AvgIpc) is 2.76. The van der Waals surface area contributed by atoms with Crippen molar-refractivity contribution in [3.05, 3.63) is 28.5 Å². The monoisotopic (exact) mass is 300 g/mol. The summed E-state index contributed by atoms with van der Waals surface area (Å²) < 4.78 is 14.1. The van der Waals surface area contributed by atoms with E-state index in [9.17, 15) is 9.18 Å². The molecule has 17 heavy (non-hydrogen) atoms. The summed E-state index contributed by atoms with van der Waals surface area (Å²) in [5.41, 5.74) is 0.224. The van der Waals surface area contributed by atoms with Crippen LogP contribution in [0.15, 0.2) is 22.7 Å². The van der Waals surface area contributed by atoms with Gasteiger partial charge in [-0.15, -0.1) is 0 Å². The lowest BCUT2D eigenvalue weighted by molar-refractivity contribution is -0.116. The third-order valence-electron chi connectivity index (χ3n) is 2.80. The molecule has 1 unspecified atom stereocenters. The minimum atomic E-state index is -0.416. The lowest BCUT2D eigenvalue weighted by atomic mass is 10.1. The van der Waals surface area contributed by atoms with Gasteiger partial charge in [0.2, 0.25) is 5.91 Å². The predicted molar refractivity (Wildman–Crippen MR) is 68.4 cm³/mol. The number of nitrogens with one attached hydrogen (secondary N) is 2. The normalized spacial score (nSPS) is 19.3. The Morgan fingerprint density at radius 2 is 2.41 bits per heavy atom. The van der Waals surface area contributed by atoms with Crippen LogP contribution in [0.1, 0.15) is 19.3 Å². The Morgan fingerprint density at radius 3 is 3.12 bits per heavy atom. The Labute approximate surface area is 108 Å². The van der Waals surface area contributed by atoms with Crippen LogP contribution in [-0.2, 0) is 4.79 Å². The van der Waals surface area contributed by atoms with Crippen molar-refractivity contribution in [1.29, 1.82) is 0 Å². The van der Waals surface area contributed by atoms with Crippen LogP contribution in [-0.4, -0.2) is 18.5 Å². The van der Waals surface area contributed by atoms with Crippen LogP contribution < -0.4 is 10.6 Å². The predicted octanol–water partition coefficient (Wildman–Crippen LogP) is 2.67. The molecule has 1 heterocycles. The van der Waals surface area contributed by atoms with Crippen molar-refractivity contribution in [1.82, 2.24) is 5.32 Å². The highest BCUT2D eigenvalue weighted by Crippen LogP contribution is 2.20. The molecule has 0 saturated carbocycles. The van der Waals surface area contributed by atoms with Crippen LogP contribution in [0.4, 0.5) is 10.1 Å². The average molecular weight is 301 g/mol. The van der Waals surface area contributed by atoms with Gasteiger partial charge in [-0.1, -0.05) is 15.9 Å². The molecule has 0 bridgehead atoms. The Morgan fingerprint density at radius 1 is 1.59 bits per heavy atom. The van der Waals surface area contributed by atoms with Gasteiger partial charge in [0, 0.05) is 16.9 Å².